The molecule has 180 valence electrons. The minimum absolute atomic E-state index is 0.796. The number of ether oxygens (including phenoxy) is 2. The maximum atomic E-state index is 5.92. The van der Waals surface area contributed by atoms with Gasteiger partial charge in [-0.05, 0) is 41.3 Å². The highest BCUT2D eigenvalue weighted by Gasteiger charge is 2.34. The van der Waals surface area contributed by atoms with E-state index >= 15 is 0 Å². The Morgan fingerprint density at radius 3 is 1.43 bits per heavy atom. The van der Waals surface area contributed by atoms with Crippen molar-refractivity contribution in [3.05, 3.63) is 109 Å². The smallest absolute Gasteiger partial charge is 0.128 e. The van der Waals surface area contributed by atoms with E-state index in [2.05, 4.69) is 108 Å². The van der Waals surface area contributed by atoms with Crippen molar-refractivity contribution in [1.29, 1.82) is 0 Å². The molecular weight excluding hydrogens is 468 g/mol. The van der Waals surface area contributed by atoms with Crippen LogP contribution >= 0.6 is 16.1 Å². The van der Waals surface area contributed by atoms with E-state index in [1.54, 1.807) is 14.2 Å². The van der Waals surface area contributed by atoms with Crippen molar-refractivity contribution >= 4 is 37.4 Å². The number of methoxy groups -OCH3 is 2. The molecule has 0 aliphatic carbocycles. The molecule has 0 aliphatic heterocycles. The molecule has 3 nitrogen and oxygen atoms in total. The number of unbranched alkanes of at least 4 members (excludes halogenated alkanes) is 1. The zero-order valence-corrected chi connectivity index (χ0v) is 22.5. The van der Waals surface area contributed by atoms with Crippen LogP contribution in [0.1, 0.15) is 19.8 Å². The molecule has 0 aliphatic rings. The highest BCUT2D eigenvalue weighted by Crippen LogP contribution is 2.56. The van der Waals surface area contributed by atoms with E-state index in [4.69, 9.17) is 9.47 Å². The molecule has 0 fully saturated rings. The fraction of sp³-hybridized carbons (Fsp3) is 0.200. The lowest BCUT2D eigenvalue weighted by Gasteiger charge is -2.39. The summed E-state index contributed by atoms with van der Waals surface area (Å²) in [5.74, 6) is 1.84. The van der Waals surface area contributed by atoms with Crippen molar-refractivity contribution in [2.45, 2.75) is 19.8 Å². The van der Waals surface area contributed by atoms with Crippen molar-refractivity contribution in [3.63, 3.8) is 0 Å². The SMILES string of the molecule is CCCCN(P(c1ccccc1)c1ccccc1)P(c1ccccc1OC)c1ccccc1OC. The van der Waals surface area contributed by atoms with Crippen LogP contribution < -0.4 is 30.7 Å². The molecular formula is C30H33NO2P2. The molecule has 5 heteroatoms. The molecule has 0 unspecified atom stereocenters. The predicted molar refractivity (Wildman–Crippen MR) is 153 cm³/mol. The largest absolute Gasteiger partial charge is 0.496 e. The standard InChI is InChI=1S/C30H33NO2P2/c1-4-5-24-31(34(25-16-8-6-9-17-25)26-18-10-7-11-19-26)35(29-22-14-12-20-27(29)32-2)30-23-15-13-21-28(30)33-3/h6-23H,4-5,24H2,1-3H3. The van der Waals surface area contributed by atoms with Gasteiger partial charge in [-0.2, -0.15) is 0 Å². The molecule has 0 radical (unpaired) electrons. The van der Waals surface area contributed by atoms with Gasteiger partial charge in [0.2, 0.25) is 0 Å². The van der Waals surface area contributed by atoms with Gasteiger partial charge in [-0.1, -0.05) is 98.3 Å². The lowest BCUT2D eigenvalue weighted by molar-refractivity contribution is 0.417. The molecule has 4 aromatic carbocycles. The molecule has 0 amide bonds. The number of rotatable bonds is 11. The van der Waals surface area contributed by atoms with Crippen LogP contribution in [0.5, 0.6) is 11.5 Å². The lowest BCUT2D eigenvalue weighted by Crippen LogP contribution is -2.33. The van der Waals surface area contributed by atoms with Crippen LogP contribution in [0.2, 0.25) is 0 Å². The molecule has 0 bridgehead atoms. The average molecular weight is 502 g/mol. The summed E-state index contributed by atoms with van der Waals surface area (Å²) in [4.78, 5) is 0. The predicted octanol–water partition coefficient (Wildman–Crippen LogP) is 6.20. The van der Waals surface area contributed by atoms with Crippen LogP contribution in [0, 0.1) is 0 Å². The molecule has 0 atom stereocenters. The summed E-state index contributed by atoms with van der Waals surface area (Å²) >= 11 is 0. The number of nitrogens with zero attached hydrogens (tertiary/aromatic N) is 1. The maximum Gasteiger partial charge on any atom is 0.128 e. The van der Waals surface area contributed by atoms with Crippen molar-refractivity contribution in [1.82, 2.24) is 4.44 Å². The van der Waals surface area contributed by atoms with Gasteiger partial charge >= 0.3 is 0 Å². The van der Waals surface area contributed by atoms with E-state index in [-0.39, 0.29) is 0 Å². The molecule has 0 spiro atoms. The van der Waals surface area contributed by atoms with Crippen molar-refractivity contribution in [2.75, 3.05) is 20.8 Å². The van der Waals surface area contributed by atoms with Crippen LogP contribution in [-0.2, 0) is 0 Å². The monoisotopic (exact) mass is 501 g/mol. The molecule has 0 heterocycles. The van der Waals surface area contributed by atoms with Crippen LogP contribution in [0.25, 0.3) is 0 Å². The molecule has 0 N–H and O–H groups in total. The van der Waals surface area contributed by atoms with E-state index in [1.165, 1.54) is 21.2 Å². The minimum Gasteiger partial charge on any atom is -0.496 e. The number of para-hydroxylation sites is 2. The van der Waals surface area contributed by atoms with Gasteiger partial charge in [0.15, 0.2) is 0 Å². The third-order valence-corrected chi connectivity index (χ3v) is 11.4. The molecule has 0 aromatic heterocycles. The Morgan fingerprint density at radius 2 is 1.00 bits per heavy atom. The number of hydrogen-bond acceptors (Lipinski definition) is 3. The van der Waals surface area contributed by atoms with Gasteiger partial charge in [0.1, 0.15) is 11.5 Å². The molecule has 0 saturated carbocycles. The summed E-state index contributed by atoms with van der Waals surface area (Å²) in [6, 6.07) is 38.8. The maximum absolute atomic E-state index is 5.92. The van der Waals surface area contributed by atoms with E-state index in [0.29, 0.717) is 0 Å². The highest BCUT2D eigenvalue weighted by atomic mass is 31.2. The van der Waals surface area contributed by atoms with Crippen LogP contribution in [0.3, 0.4) is 0 Å². The second-order valence-electron chi connectivity index (χ2n) is 8.09. The fourth-order valence-electron chi connectivity index (χ4n) is 4.13. The summed E-state index contributed by atoms with van der Waals surface area (Å²) in [5, 5.41) is 5.12. The van der Waals surface area contributed by atoms with Crippen LogP contribution in [-0.4, -0.2) is 25.2 Å². The zero-order valence-electron chi connectivity index (χ0n) is 20.7. The summed E-state index contributed by atoms with van der Waals surface area (Å²) in [6.07, 6.45) is 2.24. The molecule has 35 heavy (non-hydrogen) atoms. The first-order valence-corrected chi connectivity index (χ1v) is 14.6. The van der Waals surface area contributed by atoms with Gasteiger partial charge in [0, 0.05) is 33.3 Å². The van der Waals surface area contributed by atoms with E-state index < -0.39 is 16.1 Å². The van der Waals surface area contributed by atoms with Crippen molar-refractivity contribution in [2.24, 2.45) is 0 Å². The third-order valence-electron chi connectivity index (χ3n) is 5.80. The minimum atomic E-state index is -0.954. The second-order valence-corrected chi connectivity index (χ2v) is 12.6. The van der Waals surface area contributed by atoms with E-state index in [9.17, 15) is 0 Å². The molecule has 4 aromatic rings. The number of benzene rings is 4. The fourth-order valence-corrected chi connectivity index (χ4v) is 10.4. The third kappa shape index (κ3) is 5.93. The average Bonchev–Trinajstić information content (AvgIpc) is 2.93. The van der Waals surface area contributed by atoms with Gasteiger partial charge in [-0.25, -0.2) is 4.44 Å². The lowest BCUT2D eigenvalue weighted by atomic mass is 10.3. The van der Waals surface area contributed by atoms with Gasteiger partial charge in [0.25, 0.3) is 0 Å². The Balaban J connectivity index is 1.99. The Morgan fingerprint density at radius 1 is 0.571 bits per heavy atom. The van der Waals surface area contributed by atoms with Crippen LogP contribution in [0.4, 0.5) is 0 Å². The Labute approximate surface area is 212 Å². The summed E-state index contributed by atoms with van der Waals surface area (Å²) in [6.45, 7) is 3.24. The summed E-state index contributed by atoms with van der Waals surface area (Å²) in [7, 11) is 1.78. The quantitative estimate of drug-likeness (QED) is 0.229. The van der Waals surface area contributed by atoms with Gasteiger partial charge in [0.05, 0.1) is 14.2 Å². The topological polar surface area (TPSA) is 21.7 Å². The molecule has 4 rings (SSSR count). The highest BCUT2D eigenvalue weighted by molar-refractivity contribution is 7.84. The van der Waals surface area contributed by atoms with Gasteiger partial charge in [-0.15, -0.1) is 0 Å². The Bertz CT molecular complexity index is 1100. The van der Waals surface area contributed by atoms with Crippen LogP contribution in [0.15, 0.2) is 109 Å². The number of hydrogen-bond donors (Lipinski definition) is 0. The van der Waals surface area contributed by atoms with E-state index in [0.717, 1.165) is 30.9 Å². The zero-order chi connectivity index (χ0) is 24.5. The normalized spacial score (nSPS) is 11.3. The van der Waals surface area contributed by atoms with Crippen molar-refractivity contribution < 1.29 is 9.47 Å². The molecule has 0 saturated heterocycles. The first kappa shape index (κ1) is 25.4. The Hall–Kier alpha value is -2.70. The first-order chi connectivity index (χ1) is 17.3. The summed E-state index contributed by atoms with van der Waals surface area (Å²) < 4.78 is 14.6. The van der Waals surface area contributed by atoms with Gasteiger partial charge in [-0.3, -0.25) is 0 Å². The summed E-state index contributed by atoms with van der Waals surface area (Å²) in [5.41, 5.74) is 0. The Kier molecular flexibility index (Phi) is 9.32. The first-order valence-electron chi connectivity index (χ1n) is 12.0. The second kappa shape index (κ2) is 12.8. The van der Waals surface area contributed by atoms with Gasteiger partial charge < -0.3 is 9.47 Å². The van der Waals surface area contributed by atoms with E-state index in [1.807, 2.05) is 12.1 Å². The van der Waals surface area contributed by atoms with Crippen molar-refractivity contribution in [3.8, 4) is 11.5 Å².